The van der Waals surface area contributed by atoms with Crippen LogP contribution in [0.5, 0.6) is 5.75 Å². The standard InChI is InChI=1S/C23H21ClN2O5S/c1-3-32(28,29)25-23(27)21-10-9-17(31-21)14-26-19(15-7-5-4-6-8-15)11-16-12-22(30-2)18(24)13-20(16)26/h4-13H,3,14H2,1-2H3,(H,25,27). The molecule has 0 saturated carbocycles. The van der Waals surface area contributed by atoms with Gasteiger partial charge in [-0.3, -0.25) is 4.79 Å². The van der Waals surface area contributed by atoms with Gasteiger partial charge >= 0.3 is 0 Å². The van der Waals surface area contributed by atoms with Crippen molar-refractivity contribution in [1.29, 1.82) is 0 Å². The molecule has 0 radical (unpaired) electrons. The third-order valence-corrected chi connectivity index (χ3v) is 6.62. The van der Waals surface area contributed by atoms with Gasteiger partial charge in [-0.2, -0.15) is 0 Å². The van der Waals surface area contributed by atoms with Crippen molar-refractivity contribution in [2.45, 2.75) is 13.5 Å². The van der Waals surface area contributed by atoms with Crippen LogP contribution in [0, 0.1) is 0 Å². The van der Waals surface area contributed by atoms with Crippen LogP contribution in [0.3, 0.4) is 0 Å². The van der Waals surface area contributed by atoms with Crippen LogP contribution in [-0.2, 0) is 16.6 Å². The van der Waals surface area contributed by atoms with Gasteiger partial charge in [-0.05, 0) is 42.8 Å². The predicted molar refractivity (Wildman–Crippen MR) is 124 cm³/mol. The van der Waals surface area contributed by atoms with Crippen LogP contribution < -0.4 is 9.46 Å². The number of hydrogen-bond acceptors (Lipinski definition) is 5. The third-order valence-electron chi connectivity index (χ3n) is 5.07. The molecule has 0 aliphatic heterocycles. The molecule has 2 aromatic heterocycles. The zero-order chi connectivity index (χ0) is 22.9. The van der Waals surface area contributed by atoms with Gasteiger partial charge in [0.25, 0.3) is 5.91 Å². The fourth-order valence-electron chi connectivity index (χ4n) is 3.44. The van der Waals surface area contributed by atoms with Crippen LogP contribution >= 0.6 is 11.6 Å². The summed E-state index contributed by atoms with van der Waals surface area (Å²) in [6, 6.07) is 18.7. The molecule has 0 aliphatic rings. The molecule has 32 heavy (non-hydrogen) atoms. The quantitative estimate of drug-likeness (QED) is 0.421. The average molecular weight is 473 g/mol. The molecule has 9 heteroatoms. The molecule has 0 unspecified atom stereocenters. The van der Waals surface area contributed by atoms with Crippen molar-refractivity contribution in [1.82, 2.24) is 9.29 Å². The molecule has 0 fully saturated rings. The summed E-state index contributed by atoms with van der Waals surface area (Å²) in [7, 11) is -2.12. The second kappa shape index (κ2) is 8.72. The van der Waals surface area contributed by atoms with Crippen LogP contribution in [0.4, 0.5) is 0 Å². The van der Waals surface area contributed by atoms with E-state index < -0.39 is 15.9 Å². The number of carbonyl (C=O) groups excluding carboxylic acids is 1. The summed E-state index contributed by atoms with van der Waals surface area (Å²) >= 11 is 6.38. The monoisotopic (exact) mass is 472 g/mol. The molecule has 2 aromatic carbocycles. The highest BCUT2D eigenvalue weighted by molar-refractivity contribution is 7.90. The molecule has 1 amide bonds. The number of benzene rings is 2. The fourth-order valence-corrected chi connectivity index (χ4v) is 4.20. The highest BCUT2D eigenvalue weighted by atomic mass is 35.5. The van der Waals surface area contributed by atoms with Gasteiger partial charge in [0.2, 0.25) is 10.0 Å². The number of furan rings is 1. The molecule has 2 heterocycles. The van der Waals surface area contributed by atoms with Crippen LogP contribution in [0.25, 0.3) is 22.2 Å². The van der Waals surface area contributed by atoms with E-state index in [9.17, 15) is 13.2 Å². The molecule has 0 atom stereocenters. The Morgan fingerprint density at radius 1 is 1.12 bits per heavy atom. The Morgan fingerprint density at radius 2 is 1.88 bits per heavy atom. The number of methoxy groups -OCH3 is 1. The summed E-state index contributed by atoms with van der Waals surface area (Å²) in [5, 5.41) is 1.41. The predicted octanol–water partition coefficient (Wildman–Crippen LogP) is 4.69. The van der Waals surface area contributed by atoms with E-state index in [0.717, 1.165) is 22.2 Å². The summed E-state index contributed by atoms with van der Waals surface area (Å²) < 4.78 is 38.4. The van der Waals surface area contributed by atoms with E-state index in [2.05, 4.69) is 0 Å². The first-order valence-corrected chi connectivity index (χ1v) is 11.9. The molecular formula is C23H21ClN2O5S. The van der Waals surface area contributed by atoms with Crippen molar-refractivity contribution < 1.29 is 22.4 Å². The number of nitrogens with zero attached hydrogens (tertiary/aromatic N) is 1. The Bertz CT molecular complexity index is 1390. The van der Waals surface area contributed by atoms with Crippen molar-refractivity contribution in [2.75, 3.05) is 12.9 Å². The number of ether oxygens (including phenoxy) is 1. The zero-order valence-electron chi connectivity index (χ0n) is 17.5. The lowest BCUT2D eigenvalue weighted by Crippen LogP contribution is -2.31. The zero-order valence-corrected chi connectivity index (χ0v) is 19.0. The fraction of sp³-hybridized carbons (Fsp3) is 0.174. The van der Waals surface area contributed by atoms with E-state index in [-0.39, 0.29) is 11.5 Å². The average Bonchev–Trinajstić information content (AvgIpc) is 3.39. The molecule has 166 valence electrons. The summed E-state index contributed by atoms with van der Waals surface area (Å²) in [6.07, 6.45) is 0. The maximum atomic E-state index is 12.2. The first-order chi connectivity index (χ1) is 15.3. The van der Waals surface area contributed by atoms with Crippen LogP contribution in [0.15, 0.2) is 65.1 Å². The lowest BCUT2D eigenvalue weighted by atomic mass is 10.1. The van der Waals surface area contributed by atoms with Gasteiger partial charge in [0.15, 0.2) is 5.76 Å². The molecule has 0 aliphatic carbocycles. The number of amides is 1. The highest BCUT2D eigenvalue weighted by Crippen LogP contribution is 2.35. The van der Waals surface area contributed by atoms with Gasteiger partial charge in [0.1, 0.15) is 11.5 Å². The number of halogens is 1. The van der Waals surface area contributed by atoms with E-state index in [1.165, 1.54) is 13.0 Å². The molecule has 4 aromatic rings. The number of carbonyl (C=O) groups is 1. The number of aromatic nitrogens is 1. The van der Waals surface area contributed by atoms with Crippen LogP contribution in [-0.4, -0.2) is 31.8 Å². The van der Waals surface area contributed by atoms with Gasteiger partial charge in [-0.1, -0.05) is 41.9 Å². The number of sulfonamides is 1. The second-order valence-corrected chi connectivity index (χ2v) is 9.55. The maximum absolute atomic E-state index is 12.2. The number of fused-ring (bicyclic) bond motifs is 1. The molecule has 4 rings (SSSR count). The van der Waals surface area contributed by atoms with Gasteiger partial charge in [0.05, 0.1) is 29.9 Å². The summed E-state index contributed by atoms with van der Waals surface area (Å²) in [5.74, 6) is -0.0107. The largest absolute Gasteiger partial charge is 0.495 e. The Balaban J connectivity index is 1.75. The molecule has 1 N–H and O–H groups in total. The van der Waals surface area contributed by atoms with Crippen molar-refractivity contribution >= 4 is 38.4 Å². The van der Waals surface area contributed by atoms with Crippen molar-refractivity contribution in [2.24, 2.45) is 0 Å². The lowest BCUT2D eigenvalue weighted by Gasteiger charge is -2.11. The summed E-state index contributed by atoms with van der Waals surface area (Å²) in [6.45, 7) is 1.76. The summed E-state index contributed by atoms with van der Waals surface area (Å²) in [4.78, 5) is 12.2. The molecule has 0 spiro atoms. The second-order valence-electron chi connectivity index (χ2n) is 7.13. The number of rotatable bonds is 7. The minimum absolute atomic E-state index is 0.0746. The number of hydrogen-bond donors (Lipinski definition) is 1. The van der Waals surface area contributed by atoms with E-state index in [4.69, 9.17) is 20.8 Å². The van der Waals surface area contributed by atoms with Crippen molar-refractivity contribution in [3.63, 3.8) is 0 Å². The van der Waals surface area contributed by atoms with Gasteiger partial charge in [-0.15, -0.1) is 0 Å². The molecular weight excluding hydrogens is 452 g/mol. The Labute approximate surface area is 190 Å². The van der Waals surface area contributed by atoms with Gasteiger partial charge in [-0.25, -0.2) is 13.1 Å². The smallest absolute Gasteiger partial charge is 0.300 e. The van der Waals surface area contributed by atoms with E-state index in [0.29, 0.717) is 23.1 Å². The summed E-state index contributed by atoms with van der Waals surface area (Å²) in [5.41, 5.74) is 2.80. The lowest BCUT2D eigenvalue weighted by molar-refractivity contribution is 0.0952. The van der Waals surface area contributed by atoms with Crippen LogP contribution in [0.2, 0.25) is 5.02 Å². The highest BCUT2D eigenvalue weighted by Gasteiger charge is 2.19. The van der Waals surface area contributed by atoms with Crippen molar-refractivity contribution in [3.05, 3.63) is 77.2 Å². The number of nitrogens with one attached hydrogen (secondary N) is 1. The Morgan fingerprint density at radius 3 is 2.56 bits per heavy atom. The molecule has 0 saturated heterocycles. The van der Waals surface area contributed by atoms with Gasteiger partial charge in [0, 0.05) is 11.1 Å². The SMILES string of the molecule is CCS(=O)(=O)NC(=O)c1ccc(Cn2c(-c3ccccc3)cc3cc(OC)c(Cl)cc32)o1. The first-order valence-electron chi connectivity index (χ1n) is 9.87. The first kappa shape index (κ1) is 22.0. The van der Waals surface area contributed by atoms with E-state index >= 15 is 0 Å². The Kier molecular flexibility index (Phi) is 5.99. The normalized spacial score (nSPS) is 11.6. The van der Waals surface area contributed by atoms with E-state index in [1.807, 2.05) is 57.8 Å². The third kappa shape index (κ3) is 4.37. The van der Waals surface area contributed by atoms with Crippen molar-refractivity contribution in [3.8, 4) is 17.0 Å². The van der Waals surface area contributed by atoms with Gasteiger partial charge < -0.3 is 13.7 Å². The van der Waals surface area contributed by atoms with Crippen LogP contribution in [0.1, 0.15) is 23.2 Å². The maximum Gasteiger partial charge on any atom is 0.300 e. The molecule has 7 nitrogen and oxygen atoms in total. The minimum Gasteiger partial charge on any atom is -0.495 e. The Hall–Kier alpha value is -3.23. The van der Waals surface area contributed by atoms with E-state index in [1.54, 1.807) is 13.2 Å². The topological polar surface area (TPSA) is 90.5 Å². The molecule has 0 bridgehead atoms. The minimum atomic E-state index is -3.68.